The lowest BCUT2D eigenvalue weighted by molar-refractivity contribution is 0.101. The molecule has 0 unspecified atom stereocenters. The number of halogens is 1. The molecule has 15 heavy (non-hydrogen) atoms. The summed E-state index contributed by atoms with van der Waals surface area (Å²) in [7, 11) is 0. The van der Waals surface area contributed by atoms with E-state index < -0.39 is 5.82 Å². The molecule has 0 aromatic carbocycles. The normalized spacial score (nSPS) is 10.3. The van der Waals surface area contributed by atoms with Crippen molar-refractivity contribution < 1.29 is 9.18 Å². The number of aromatic nitrogens is 3. The van der Waals surface area contributed by atoms with Crippen LogP contribution in [0.2, 0.25) is 0 Å². The van der Waals surface area contributed by atoms with Crippen molar-refractivity contribution in [2.45, 2.75) is 6.92 Å². The van der Waals surface area contributed by atoms with Gasteiger partial charge in [0.1, 0.15) is 11.5 Å². The van der Waals surface area contributed by atoms with Gasteiger partial charge in [0.25, 0.3) is 0 Å². The highest BCUT2D eigenvalue weighted by Gasteiger charge is 2.11. The van der Waals surface area contributed by atoms with Gasteiger partial charge in [-0.2, -0.15) is 5.10 Å². The number of hydrogen-bond donors (Lipinski definition) is 0. The number of carbonyl (C=O) groups is 1. The van der Waals surface area contributed by atoms with Gasteiger partial charge < -0.3 is 0 Å². The van der Waals surface area contributed by atoms with Crippen molar-refractivity contribution in [1.82, 2.24) is 14.8 Å². The fourth-order valence-electron chi connectivity index (χ4n) is 1.29. The second-order valence-electron chi connectivity index (χ2n) is 3.03. The minimum atomic E-state index is -0.495. The summed E-state index contributed by atoms with van der Waals surface area (Å²) in [6, 6.07) is 2.92. The van der Waals surface area contributed by atoms with Crippen LogP contribution in [0.5, 0.6) is 0 Å². The van der Waals surface area contributed by atoms with Crippen LogP contribution < -0.4 is 0 Å². The Morgan fingerprint density at radius 3 is 2.93 bits per heavy atom. The number of nitrogens with zero attached hydrogens (tertiary/aromatic N) is 3. The van der Waals surface area contributed by atoms with E-state index in [0.29, 0.717) is 5.69 Å². The van der Waals surface area contributed by atoms with E-state index in [1.165, 1.54) is 17.7 Å². The first kappa shape index (κ1) is 9.51. The van der Waals surface area contributed by atoms with Gasteiger partial charge in [-0.05, 0) is 6.07 Å². The zero-order valence-corrected chi connectivity index (χ0v) is 8.01. The van der Waals surface area contributed by atoms with Gasteiger partial charge in [-0.15, -0.1) is 0 Å². The van der Waals surface area contributed by atoms with Gasteiger partial charge in [0, 0.05) is 25.4 Å². The van der Waals surface area contributed by atoms with Crippen LogP contribution in [0.15, 0.2) is 30.7 Å². The van der Waals surface area contributed by atoms with Crippen LogP contribution in [0.3, 0.4) is 0 Å². The van der Waals surface area contributed by atoms with Crippen molar-refractivity contribution in [3.8, 4) is 5.69 Å². The average Bonchev–Trinajstić information content (AvgIpc) is 2.69. The maximum atomic E-state index is 13.0. The minimum Gasteiger partial charge on any atom is -0.293 e. The molecule has 0 bridgehead atoms. The quantitative estimate of drug-likeness (QED) is 0.700. The lowest BCUT2D eigenvalue weighted by Crippen LogP contribution is -2.07. The van der Waals surface area contributed by atoms with E-state index in [1.807, 2.05) is 0 Å². The highest BCUT2D eigenvalue weighted by atomic mass is 19.1. The molecule has 2 aromatic heterocycles. The number of Topliss-reactive ketones (excluding diaryl/α,β-unsaturated/α-hetero) is 1. The number of ketones is 1. The van der Waals surface area contributed by atoms with Gasteiger partial charge in [0.05, 0.1) is 11.9 Å². The molecule has 0 aliphatic heterocycles. The summed E-state index contributed by atoms with van der Waals surface area (Å²) in [4.78, 5) is 15.0. The van der Waals surface area contributed by atoms with Crippen molar-refractivity contribution in [2.75, 3.05) is 0 Å². The molecule has 0 saturated carbocycles. The highest BCUT2D eigenvalue weighted by Crippen LogP contribution is 2.13. The molecule has 76 valence electrons. The van der Waals surface area contributed by atoms with Crippen LogP contribution in [0, 0.1) is 5.82 Å². The Balaban J connectivity index is 2.63. The summed E-state index contributed by atoms with van der Waals surface area (Å²) in [5.41, 5.74) is 0.563. The third-order valence-electron chi connectivity index (χ3n) is 1.92. The second-order valence-corrected chi connectivity index (χ2v) is 3.03. The van der Waals surface area contributed by atoms with E-state index in [9.17, 15) is 9.18 Å². The van der Waals surface area contributed by atoms with E-state index in [0.717, 1.165) is 6.20 Å². The van der Waals surface area contributed by atoms with Crippen molar-refractivity contribution in [3.05, 3.63) is 42.2 Å². The van der Waals surface area contributed by atoms with Crippen LogP contribution in [-0.4, -0.2) is 20.5 Å². The SMILES string of the molecule is CC(=O)c1ncc(F)cc1-n1cccn1. The van der Waals surface area contributed by atoms with E-state index in [-0.39, 0.29) is 11.5 Å². The lowest BCUT2D eigenvalue weighted by atomic mass is 10.2. The Hall–Kier alpha value is -2.04. The first-order valence-electron chi connectivity index (χ1n) is 4.35. The zero-order chi connectivity index (χ0) is 10.8. The Morgan fingerprint density at radius 2 is 2.33 bits per heavy atom. The van der Waals surface area contributed by atoms with Crippen LogP contribution in [0.4, 0.5) is 4.39 Å². The molecule has 4 nitrogen and oxygen atoms in total. The van der Waals surface area contributed by atoms with Crippen molar-refractivity contribution in [3.63, 3.8) is 0 Å². The molecule has 0 spiro atoms. The molecule has 0 N–H and O–H groups in total. The molecule has 5 heteroatoms. The van der Waals surface area contributed by atoms with Gasteiger partial charge >= 0.3 is 0 Å². The van der Waals surface area contributed by atoms with Gasteiger partial charge in [0.15, 0.2) is 5.78 Å². The van der Waals surface area contributed by atoms with Crippen molar-refractivity contribution >= 4 is 5.78 Å². The Morgan fingerprint density at radius 1 is 1.53 bits per heavy atom. The fraction of sp³-hybridized carbons (Fsp3) is 0.100. The Bertz CT molecular complexity index is 493. The average molecular weight is 205 g/mol. The first-order chi connectivity index (χ1) is 7.18. The molecule has 0 atom stereocenters. The summed E-state index contributed by atoms with van der Waals surface area (Å²) >= 11 is 0. The lowest BCUT2D eigenvalue weighted by Gasteiger charge is -2.05. The molecule has 2 heterocycles. The molecular weight excluding hydrogens is 197 g/mol. The maximum absolute atomic E-state index is 13.0. The van der Waals surface area contributed by atoms with Crippen LogP contribution >= 0.6 is 0 Å². The molecular formula is C10H8FN3O. The predicted octanol–water partition coefficient (Wildman–Crippen LogP) is 1.61. The Labute approximate surface area is 85.4 Å². The van der Waals surface area contributed by atoms with E-state index in [1.54, 1.807) is 18.5 Å². The molecule has 0 fully saturated rings. The van der Waals surface area contributed by atoms with E-state index in [2.05, 4.69) is 10.1 Å². The molecule has 0 aliphatic carbocycles. The molecule has 2 rings (SSSR count). The summed E-state index contributed by atoms with van der Waals surface area (Å²) in [5.74, 6) is -0.717. The van der Waals surface area contributed by atoms with E-state index in [4.69, 9.17) is 0 Å². The number of carbonyl (C=O) groups excluding carboxylic acids is 1. The van der Waals surface area contributed by atoms with Crippen LogP contribution in [0.1, 0.15) is 17.4 Å². The van der Waals surface area contributed by atoms with Crippen LogP contribution in [0.25, 0.3) is 5.69 Å². The van der Waals surface area contributed by atoms with E-state index >= 15 is 0 Å². The fourth-order valence-corrected chi connectivity index (χ4v) is 1.29. The first-order valence-corrected chi connectivity index (χ1v) is 4.35. The Kier molecular flexibility index (Phi) is 2.29. The summed E-state index contributed by atoms with van der Waals surface area (Å²) in [6.07, 6.45) is 4.20. The molecule has 0 aliphatic rings. The van der Waals surface area contributed by atoms with Gasteiger partial charge in [0.2, 0.25) is 0 Å². The molecule has 0 saturated heterocycles. The zero-order valence-electron chi connectivity index (χ0n) is 8.01. The smallest absolute Gasteiger partial charge is 0.180 e. The van der Waals surface area contributed by atoms with Gasteiger partial charge in [-0.25, -0.2) is 14.1 Å². The monoisotopic (exact) mass is 205 g/mol. The summed E-state index contributed by atoms with van der Waals surface area (Å²) in [6.45, 7) is 1.38. The number of rotatable bonds is 2. The summed E-state index contributed by atoms with van der Waals surface area (Å²) < 4.78 is 14.4. The third-order valence-corrected chi connectivity index (χ3v) is 1.92. The van der Waals surface area contributed by atoms with Crippen molar-refractivity contribution in [2.24, 2.45) is 0 Å². The number of pyridine rings is 1. The molecule has 0 radical (unpaired) electrons. The second kappa shape index (κ2) is 3.61. The van der Waals surface area contributed by atoms with Crippen LogP contribution in [-0.2, 0) is 0 Å². The maximum Gasteiger partial charge on any atom is 0.180 e. The standard InChI is InChI=1S/C10H8FN3O/c1-7(15)10-9(5-8(11)6-12-10)14-4-2-3-13-14/h2-6H,1H3. The van der Waals surface area contributed by atoms with Gasteiger partial charge in [-0.3, -0.25) is 4.79 Å². The molecule has 2 aromatic rings. The summed E-state index contributed by atoms with van der Waals surface area (Å²) in [5, 5.41) is 3.93. The predicted molar refractivity (Wildman–Crippen MR) is 51.3 cm³/mol. The minimum absolute atomic E-state index is 0.208. The largest absolute Gasteiger partial charge is 0.293 e. The third kappa shape index (κ3) is 1.76. The number of hydrogen-bond acceptors (Lipinski definition) is 3. The highest BCUT2D eigenvalue weighted by molar-refractivity contribution is 5.95. The van der Waals surface area contributed by atoms with Crippen molar-refractivity contribution in [1.29, 1.82) is 0 Å². The molecule has 0 amide bonds. The topological polar surface area (TPSA) is 47.8 Å². The van der Waals surface area contributed by atoms with Gasteiger partial charge in [-0.1, -0.05) is 0 Å².